The van der Waals surface area contributed by atoms with Crippen LogP contribution in [0, 0.1) is 10.1 Å². The number of nitrogens with two attached hydrogens (primary N) is 1. The Morgan fingerprint density at radius 2 is 1.94 bits per heavy atom. The maximum absolute atomic E-state index is 13.8. The molecule has 1 aromatic carbocycles. The van der Waals surface area contributed by atoms with Gasteiger partial charge in [-0.15, -0.1) is 11.8 Å². The largest absolute Gasteiger partial charge is 0.418 e. The van der Waals surface area contributed by atoms with E-state index in [1.165, 1.54) is 24.3 Å². The van der Waals surface area contributed by atoms with Crippen LogP contribution in [-0.4, -0.2) is 55.7 Å². The maximum atomic E-state index is 13.8. The number of aliphatic hydroxyl groups is 2. The van der Waals surface area contributed by atoms with Crippen molar-refractivity contribution in [1.29, 1.82) is 0 Å². The Morgan fingerprint density at radius 3 is 2.45 bits per heavy atom. The molecular weight excluding hydrogens is 465 g/mol. The van der Waals surface area contributed by atoms with Gasteiger partial charge in [0.1, 0.15) is 23.6 Å². The van der Waals surface area contributed by atoms with Crippen LogP contribution in [0.1, 0.15) is 23.7 Å². The van der Waals surface area contributed by atoms with Crippen molar-refractivity contribution in [3.63, 3.8) is 0 Å². The summed E-state index contributed by atoms with van der Waals surface area (Å²) < 4.78 is 46.8. The summed E-state index contributed by atoms with van der Waals surface area (Å²) in [6.07, 6.45) is -7.62. The van der Waals surface area contributed by atoms with Crippen molar-refractivity contribution in [1.82, 2.24) is 9.97 Å². The van der Waals surface area contributed by atoms with Gasteiger partial charge in [0, 0.05) is 36.1 Å². The topological polar surface area (TPSA) is 145 Å². The molecule has 33 heavy (non-hydrogen) atoms. The normalized spacial score (nSPS) is 23.6. The number of nitro groups is 1. The number of rotatable bonds is 7. The molecule has 3 rings (SSSR count). The van der Waals surface area contributed by atoms with E-state index >= 15 is 0 Å². The fraction of sp³-hybridized carbons (Fsp3) is 0.400. The van der Waals surface area contributed by atoms with Gasteiger partial charge < -0.3 is 20.7 Å². The van der Waals surface area contributed by atoms with Gasteiger partial charge in [-0.2, -0.15) is 13.2 Å². The predicted octanol–water partition coefficient (Wildman–Crippen LogP) is 2.59. The molecule has 1 fully saturated rings. The highest BCUT2D eigenvalue weighted by Crippen LogP contribution is 2.40. The number of alkyl halides is 3. The van der Waals surface area contributed by atoms with E-state index in [0.29, 0.717) is 11.8 Å². The zero-order chi connectivity index (χ0) is 24.3. The molecule has 0 spiro atoms. The van der Waals surface area contributed by atoms with E-state index in [-0.39, 0.29) is 34.1 Å². The molecule has 1 saturated heterocycles. The van der Waals surface area contributed by atoms with Gasteiger partial charge >= 0.3 is 6.18 Å². The lowest BCUT2D eigenvalue weighted by atomic mass is 9.99. The van der Waals surface area contributed by atoms with Gasteiger partial charge in [-0.05, 0) is 12.5 Å². The molecule has 1 aromatic heterocycles. The highest BCUT2D eigenvalue weighted by Gasteiger charge is 2.42. The molecule has 1 aliphatic heterocycles. The minimum absolute atomic E-state index is 0.00605. The van der Waals surface area contributed by atoms with E-state index in [2.05, 4.69) is 9.97 Å². The average molecular weight is 486 g/mol. The van der Waals surface area contributed by atoms with Gasteiger partial charge in [0.15, 0.2) is 0 Å². The third-order valence-corrected chi connectivity index (χ3v) is 6.21. The van der Waals surface area contributed by atoms with Crippen molar-refractivity contribution in [2.75, 3.05) is 0 Å². The highest BCUT2D eigenvalue weighted by atomic mass is 32.2. The molecule has 4 atom stereocenters. The molecule has 4 N–H and O–H groups in total. The van der Waals surface area contributed by atoms with E-state index in [9.17, 15) is 33.5 Å². The fourth-order valence-corrected chi connectivity index (χ4v) is 4.41. The average Bonchev–Trinajstić information content (AvgIpc) is 3.00. The zero-order valence-electron chi connectivity index (χ0n) is 17.3. The second kappa shape index (κ2) is 10.0. The van der Waals surface area contributed by atoms with E-state index in [0.717, 1.165) is 18.1 Å². The Kier molecular flexibility index (Phi) is 7.57. The lowest BCUT2D eigenvalue weighted by molar-refractivity contribution is -0.384. The molecule has 1 aliphatic rings. The van der Waals surface area contributed by atoms with Gasteiger partial charge in [0.2, 0.25) is 0 Å². The van der Waals surface area contributed by atoms with Crippen molar-refractivity contribution in [3.8, 4) is 0 Å². The number of nitro benzene ring substituents is 1. The second-order valence-electron chi connectivity index (χ2n) is 7.36. The summed E-state index contributed by atoms with van der Waals surface area (Å²) in [5.41, 5.74) is 4.32. The van der Waals surface area contributed by atoms with Crippen molar-refractivity contribution in [2.24, 2.45) is 5.73 Å². The second-order valence-corrected chi connectivity index (χ2v) is 8.32. The number of hydrogen-bond acceptors (Lipinski definition) is 9. The molecular formula is C20H21F3N4O5S. The summed E-state index contributed by atoms with van der Waals surface area (Å²) in [7, 11) is 0. The minimum atomic E-state index is -4.81. The molecule has 0 bridgehead atoms. The molecule has 13 heteroatoms. The molecule has 9 nitrogen and oxygen atoms in total. The van der Waals surface area contributed by atoms with E-state index in [1.807, 2.05) is 0 Å². The lowest BCUT2D eigenvalue weighted by Gasteiger charge is -2.20. The highest BCUT2D eigenvalue weighted by molar-refractivity contribution is 7.98. The van der Waals surface area contributed by atoms with Crippen LogP contribution >= 0.6 is 11.8 Å². The number of aliphatic hydroxyl groups excluding tert-OH is 2. The van der Waals surface area contributed by atoms with Gasteiger partial charge in [-0.25, -0.2) is 9.97 Å². The summed E-state index contributed by atoms with van der Waals surface area (Å²) in [5.74, 6) is 0.176. The third-order valence-electron chi connectivity index (χ3n) is 5.15. The zero-order valence-corrected chi connectivity index (χ0v) is 18.1. The molecule has 0 unspecified atom stereocenters. The smallest absolute Gasteiger partial charge is 0.404 e. The fourth-order valence-electron chi connectivity index (χ4n) is 3.42. The number of hydrogen-bond donors (Lipinski definition) is 3. The predicted molar refractivity (Wildman–Crippen MR) is 113 cm³/mol. The number of aromatic nitrogens is 2. The van der Waals surface area contributed by atoms with Crippen LogP contribution in [0.4, 0.5) is 18.9 Å². The number of halogens is 3. The number of non-ortho nitro benzene ring substituents is 1. The molecule has 0 amide bonds. The standard InChI is InChI=1S/C20H21F3N4O5S/c1-10-17(28)18(29)15(32-10)6-14-16(13(7-24)20(21,22)23)19(26-9-25-14)33-8-11-2-4-12(5-3-11)27(30)31/h2-5,7,9-10,15,17-18,28-29H,6,8,24H2,1H3/b13-7+/t10-,15+,17-,18+/m1/s1. The Morgan fingerprint density at radius 1 is 1.27 bits per heavy atom. The summed E-state index contributed by atoms with van der Waals surface area (Å²) >= 11 is 0.978. The SMILES string of the molecule is C[C@H]1O[C@@H](Cc2ncnc(SCc3ccc([N+](=O)[O-])cc3)c2/C(=C\N)C(F)(F)F)[C@H](O)[C@@H]1O. The van der Waals surface area contributed by atoms with Gasteiger partial charge in [0.05, 0.1) is 28.4 Å². The monoisotopic (exact) mass is 486 g/mol. The Labute approximate surface area is 190 Å². The number of nitrogens with zero attached hydrogens (tertiary/aromatic N) is 3. The van der Waals surface area contributed by atoms with Crippen LogP contribution in [0.2, 0.25) is 0 Å². The Hall–Kier alpha value is -2.74. The summed E-state index contributed by atoms with van der Waals surface area (Å²) in [4.78, 5) is 18.2. The number of benzene rings is 1. The molecule has 0 aliphatic carbocycles. The van der Waals surface area contributed by atoms with Crippen LogP contribution in [0.3, 0.4) is 0 Å². The van der Waals surface area contributed by atoms with Crippen LogP contribution in [0.5, 0.6) is 0 Å². The molecule has 0 radical (unpaired) electrons. The van der Waals surface area contributed by atoms with Crippen LogP contribution in [-0.2, 0) is 16.9 Å². The van der Waals surface area contributed by atoms with E-state index in [1.54, 1.807) is 6.92 Å². The first-order valence-corrected chi connectivity index (χ1v) is 10.7. The first-order valence-electron chi connectivity index (χ1n) is 9.74. The summed E-state index contributed by atoms with van der Waals surface area (Å²) in [6, 6.07) is 5.60. The van der Waals surface area contributed by atoms with Crippen LogP contribution < -0.4 is 5.73 Å². The van der Waals surface area contributed by atoms with E-state index in [4.69, 9.17) is 10.5 Å². The summed E-state index contributed by atoms with van der Waals surface area (Å²) in [5, 5.41) is 30.9. The first kappa shape index (κ1) is 24.9. The van der Waals surface area contributed by atoms with Crippen LogP contribution in [0.25, 0.3) is 5.57 Å². The van der Waals surface area contributed by atoms with Gasteiger partial charge in [-0.1, -0.05) is 12.1 Å². The summed E-state index contributed by atoms with van der Waals surface area (Å²) in [6.45, 7) is 1.54. The van der Waals surface area contributed by atoms with E-state index < -0.39 is 41.1 Å². The van der Waals surface area contributed by atoms with Crippen LogP contribution in [0.15, 0.2) is 41.8 Å². The Balaban J connectivity index is 1.94. The van der Waals surface area contributed by atoms with Gasteiger partial charge in [-0.3, -0.25) is 10.1 Å². The molecule has 2 heterocycles. The van der Waals surface area contributed by atoms with Crippen molar-refractivity contribution < 1.29 is 33.0 Å². The number of allylic oxidation sites excluding steroid dienone is 1. The lowest BCUT2D eigenvalue weighted by Crippen LogP contribution is -2.33. The number of thioether (sulfide) groups is 1. The number of ether oxygens (including phenoxy) is 1. The molecule has 2 aromatic rings. The first-order chi connectivity index (χ1) is 15.5. The quantitative estimate of drug-likeness (QED) is 0.233. The van der Waals surface area contributed by atoms with Crippen molar-refractivity contribution in [2.45, 2.75) is 54.7 Å². The minimum Gasteiger partial charge on any atom is -0.404 e. The maximum Gasteiger partial charge on any atom is 0.418 e. The molecule has 178 valence electrons. The Bertz CT molecular complexity index is 1040. The van der Waals surface area contributed by atoms with Crippen molar-refractivity contribution in [3.05, 3.63) is 63.7 Å². The van der Waals surface area contributed by atoms with Gasteiger partial charge in [0.25, 0.3) is 5.69 Å². The third kappa shape index (κ3) is 5.61. The molecule has 0 saturated carbocycles. The van der Waals surface area contributed by atoms with Crippen molar-refractivity contribution >= 4 is 23.0 Å².